The first-order valence-electron chi connectivity index (χ1n) is 16.9. The number of nitrogens with zero attached hydrogens (tertiary/aromatic N) is 4. The van der Waals surface area contributed by atoms with Crippen LogP contribution >= 0.6 is 0 Å². The van der Waals surface area contributed by atoms with Gasteiger partial charge in [-0.2, -0.15) is 9.78 Å². The highest BCUT2D eigenvalue weighted by Crippen LogP contribution is 2.36. The number of rotatable bonds is 9. The van der Waals surface area contributed by atoms with Crippen LogP contribution in [0.25, 0.3) is 22.5 Å². The number of amides is 1. The third-order valence-electron chi connectivity index (χ3n) is 7.54. The average Bonchev–Trinajstić information content (AvgIpc) is 3.72. The first-order chi connectivity index (χ1) is 23.8. The topological polar surface area (TPSA) is 144 Å². The van der Waals surface area contributed by atoms with E-state index in [1.807, 2.05) is 71.9 Å². The maximum Gasteiger partial charge on any atom is 0.435 e. The molecule has 0 fully saturated rings. The molecule has 1 aliphatic rings. The monoisotopic (exact) mass is 697 g/mol. The number of aromatic nitrogens is 4. The fourth-order valence-electron chi connectivity index (χ4n) is 5.25. The molecule has 0 bridgehead atoms. The quantitative estimate of drug-likeness (QED) is 0.185. The Labute approximate surface area is 298 Å². The highest BCUT2D eigenvalue weighted by molar-refractivity contribution is 5.83. The summed E-state index contributed by atoms with van der Waals surface area (Å²) in [5.74, 6) is -0.714. The molecule has 270 valence electrons. The fourth-order valence-corrected chi connectivity index (χ4v) is 5.25. The number of benzene rings is 2. The molecule has 0 spiro atoms. The van der Waals surface area contributed by atoms with Crippen molar-refractivity contribution in [2.45, 2.75) is 92.6 Å². The van der Waals surface area contributed by atoms with Gasteiger partial charge < -0.3 is 24.3 Å². The van der Waals surface area contributed by atoms with Crippen LogP contribution in [-0.2, 0) is 37.0 Å². The fraction of sp³-hybridized carbons (Fsp3) is 0.436. The molecule has 0 radical (unpaired) electrons. The summed E-state index contributed by atoms with van der Waals surface area (Å²) in [6.45, 7) is 17.9. The van der Waals surface area contributed by atoms with Crippen molar-refractivity contribution in [3.05, 3.63) is 83.4 Å². The Morgan fingerprint density at radius 3 is 2.24 bits per heavy atom. The molecule has 1 aliphatic heterocycles. The molecule has 12 nitrogen and oxygen atoms in total. The Morgan fingerprint density at radius 2 is 1.57 bits per heavy atom. The van der Waals surface area contributed by atoms with Crippen LogP contribution in [0.3, 0.4) is 0 Å². The summed E-state index contributed by atoms with van der Waals surface area (Å²) in [7, 11) is 0. The Balaban J connectivity index is 1.47. The van der Waals surface area contributed by atoms with Gasteiger partial charge in [0.1, 0.15) is 22.9 Å². The smallest absolute Gasteiger partial charge is 0.435 e. The van der Waals surface area contributed by atoms with Gasteiger partial charge in [-0.3, -0.25) is 9.59 Å². The largest absolute Gasteiger partial charge is 0.484 e. The third-order valence-corrected chi connectivity index (χ3v) is 7.54. The molecular weight excluding hydrogens is 650 g/mol. The highest BCUT2D eigenvalue weighted by Gasteiger charge is 2.34. The minimum atomic E-state index is -0.897. The van der Waals surface area contributed by atoms with Gasteiger partial charge in [-0.15, -0.1) is 0 Å². The van der Waals surface area contributed by atoms with Crippen molar-refractivity contribution in [3.8, 4) is 28.3 Å². The van der Waals surface area contributed by atoms with Crippen LogP contribution in [0.1, 0.15) is 90.7 Å². The van der Waals surface area contributed by atoms with Gasteiger partial charge in [-0.1, -0.05) is 57.2 Å². The SMILES string of the molecule is CC(C)(C)CNC(=O)COc1cccc(-c2nc3c(c(C(C(=O)OC(C)(C)C)c4ccc(-c5cnn(C(=O)OC(C)(C)C)c5)cc4)n2)COC3)c1. The number of hydrogen-bond acceptors (Lipinski definition) is 10. The van der Waals surface area contributed by atoms with Gasteiger partial charge in [0.2, 0.25) is 0 Å². The predicted octanol–water partition coefficient (Wildman–Crippen LogP) is 6.84. The van der Waals surface area contributed by atoms with Gasteiger partial charge in [0, 0.05) is 29.4 Å². The standard InChI is InChI=1S/C39H47N5O7/c1-37(2,3)23-40-31(45)22-49-28-12-10-11-26(17-28)34-42-30-21-48-20-29(30)33(43-34)32(35(46)50-38(4,5)6)25-15-13-24(14-16-25)27-18-41-44(19-27)36(47)51-39(7,8)9/h10-19,32H,20-23H2,1-9H3,(H,40,45). The Hall–Kier alpha value is -5.10. The van der Waals surface area contributed by atoms with Gasteiger partial charge in [-0.25, -0.2) is 14.8 Å². The number of nitrogens with one attached hydrogen (secondary N) is 1. The average molecular weight is 698 g/mol. The van der Waals surface area contributed by atoms with E-state index in [9.17, 15) is 14.4 Å². The van der Waals surface area contributed by atoms with Crippen molar-refractivity contribution < 1.29 is 33.3 Å². The van der Waals surface area contributed by atoms with Crippen LogP contribution in [0.2, 0.25) is 0 Å². The summed E-state index contributed by atoms with van der Waals surface area (Å²) in [4.78, 5) is 48.7. The van der Waals surface area contributed by atoms with E-state index in [1.54, 1.807) is 51.4 Å². The lowest BCUT2D eigenvalue weighted by molar-refractivity contribution is -0.155. The molecule has 1 unspecified atom stereocenters. The van der Waals surface area contributed by atoms with Gasteiger partial charge >= 0.3 is 12.1 Å². The summed E-state index contributed by atoms with van der Waals surface area (Å²) in [5.41, 5.74) is 3.24. The molecule has 2 aromatic heterocycles. The summed E-state index contributed by atoms with van der Waals surface area (Å²) in [6.07, 6.45) is 2.61. The molecule has 12 heteroatoms. The van der Waals surface area contributed by atoms with E-state index in [-0.39, 0.29) is 31.1 Å². The summed E-state index contributed by atoms with van der Waals surface area (Å²) in [6, 6.07) is 14.6. The minimum Gasteiger partial charge on any atom is -0.484 e. The van der Waals surface area contributed by atoms with Crippen molar-refractivity contribution >= 4 is 18.0 Å². The molecule has 0 saturated heterocycles. The molecule has 1 atom stereocenters. The maximum absolute atomic E-state index is 14.0. The minimum absolute atomic E-state index is 0.0470. The van der Waals surface area contributed by atoms with Crippen LogP contribution < -0.4 is 10.1 Å². The highest BCUT2D eigenvalue weighted by atomic mass is 16.6. The second kappa shape index (κ2) is 14.6. The van der Waals surface area contributed by atoms with E-state index in [1.165, 1.54) is 0 Å². The van der Waals surface area contributed by atoms with Crippen LogP contribution in [-0.4, -0.2) is 62.1 Å². The van der Waals surface area contributed by atoms with Gasteiger partial charge in [0.25, 0.3) is 5.91 Å². The van der Waals surface area contributed by atoms with E-state index < -0.39 is 29.2 Å². The zero-order valence-electron chi connectivity index (χ0n) is 30.8. The molecular formula is C39H47N5O7. The van der Waals surface area contributed by atoms with E-state index in [2.05, 4.69) is 10.4 Å². The number of fused-ring (bicyclic) bond motifs is 1. The zero-order valence-corrected chi connectivity index (χ0v) is 30.8. The van der Waals surface area contributed by atoms with E-state index in [0.29, 0.717) is 46.2 Å². The lowest BCUT2D eigenvalue weighted by Crippen LogP contribution is -2.35. The zero-order chi connectivity index (χ0) is 37.1. The van der Waals surface area contributed by atoms with E-state index >= 15 is 0 Å². The molecule has 3 heterocycles. The van der Waals surface area contributed by atoms with Crippen molar-refractivity contribution in [3.63, 3.8) is 0 Å². The van der Waals surface area contributed by atoms with Gasteiger partial charge in [0.05, 0.1) is 30.8 Å². The number of ether oxygens (including phenoxy) is 4. The molecule has 1 N–H and O–H groups in total. The molecule has 0 saturated carbocycles. The predicted molar refractivity (Wildman–Crippen MR) is 191 cm³/mol. The second-order valence-electron chi connectivity index (χ2n) is 15.7. The van der Waals surface area contributed by atoms with Crippen molar-refractivity contribution in [1.29, 1.82) is 0 Å². The third kappa shape index (κ3) is 10.0. The first kappa shape index (κ1) is 37.2. The summed E-state index contributed by atoms with van der Waals surface area (Å²) < 4.78 is 24.2. The molecule has 5 rings (SSSR count). The van der Waals surface area contributed by atoms with Crippen LogP contribution in [0.4, 0.5) is 4.79 Å². The van der Waals surface area contributed by atoms with Crippen molar-refractivity contribution in [2.24, 2.45) is 5.41 Å². The molecule has 51 heavy (non-hydrogen) atoms. The summed E-state index contributed by atoms with van der Waals surface area (Å²) in [5, 5.41) is 7.07. The maximum atomic E-state index is 14.0. The van der Waals surface area contributed by atoms with E-state index in [0.717, 1.165) is 15.8 Å². The summed E-state index contributed by atoms with van der Waals surface area (Å²) >= 11 is 0. The number of hydrogen-bond donors (Lipinski definition) is 1. The number of esters is 1. The van der Waals surface area contributed by atoms with Crippen molar-refractivity contribution in [2.75, 3.05) is 13.2 Å². The lowest BCUT2D eigenvalue weighted by atomic mass is 9.90. The van der Waals surface area contributed by atoms with Crippen LogP contribution in [0.5, 0.6) is 5.75 Å². The lowest BCUT2D eigenvalue weighted by Gasteiger charge is -2.25. The number of carbonyl (C=O) groups is 3. The van der Waals surface area contributed by atoms with Gasteiger partial charge in [0.15, 0.2) is 12.4 Å². The van der Waals surface area contributed by atoms with Crippen LogP contribution in [0, 0.1) is 5.41 Å². The Morgan fingerprint density at radius 1 is 0.863 bits per heavy atom. The molecule has 1 amide bonds. The molecule has 2 aromatic carbocycles. The Bertz CT molecular complexity index is 1900. The first-order valence-corrected chi connectivity index (χ1v) is 16.9. The van der Waals surface area contributed by atoms with E-state index in [4.69, 9.17) is 28.9 Å². The van der Waals surface area contributed by atoms with Crippen molar-refractivity contribution in [1.82, 2.24) is 25.1 Å². The van der Waals surface area contributed by atoms with Crippen LogP contribution in [0.15, 0.2) is 60.9 Å². The second-order valence-corrected chi connectivity index (χ2v) is 15.7. The van der Waals surface area contributed by atoms with Gasteiger partial charge in [-0.05, 0) is 70.2 Å². The molecule has 0 aliphatic carbocycles. The Kier molecular flexibility index (Phi) is 10.7. The molecule has 4 aromatic rings. The number of carbonyl (C=O) groups excluding carboxylic acids is 3. The normalized spacial score (nSPS) is 13.7.